The molecule has 0 spiro atoms. The molecule has 1 aliphatic rings. The molecule has 1 amide bonds. The van der Waals surface area contributed by atoms with Crippen LogP contribution in [0.1, 0.15) is 26.7 Å². The summed E-state index contributed by atoms with van der Waals surface area (Å²) in [5, 5.41) is 0. The van der Waals surface area contributed by atoms with E-state index in [0.717, 1.165) is 6.42 Å². The molecule has 1 heterocycles. The van der Waals surface area contributed by atoms with Crippen molar-refractivity contribution < 1.29 is 9.18 Å². The molecule has 0 saturated carbocycles. The van der Waals surface area contributed by atoms with E-state index in [4.69, 9.17) is 5.73 Å². The second-order valence-corrected chi connectivity index (χ2v) is 4.08. The van der Waals surface area contributed by atoms with Crippen LogP contribution in [0.25, 0.3) is 0 Å². The maximum absolute atomic E-state index is 12.8. The number of alkyl halides is 1. The summed E-state index contributed by atoms with van der Waals surface area (Å²) in [5.74, 6) is 0.0701. The van der Waals surface area contributed by atoms with Gasteiger partial charge in [0.15, 0.2) is 0 Å². The van der Waals surface area contributed by atoms with Gasteiger partial charge in [-0.2, -0.15) is 0 Å². The summed E-state index contributed by atoms with van der Waals surface area (Å²) < 4.78 is 12.8. The molecule has 1 fully saturated rings. The minimum atomic E-state index is -0.858. The molecule has 0 bridgehead atoms. The number of hydrogen-bond donors (Lipinski definition) is 1. The van der Waals surface area contributed by atoms with Crippen LogP contribution in [0, 0.1) is 5.92 Å². The van der Waals surface area contributed by atoms with E-state index in [0.29, 0.717) is 13.0 Å². The van der Waals surface area contributed by atoms with Gasteiger partial charge in [-0.1, -0.05) is 20.3 Å². The molecule has 0 aromatic carbocycles. The zero-order chi connectivity index (χ0) is 10.7. The number of nitrogens with zero attached hydrogens (tertiary/aromatic N) is 1. The number of hydrogen-bond acceptors (Lipinski definition) is 2. The predicted molar refractivity (Wildman–Crippen MR) is 53.5 cm³/mol. The molecule has 1 aliphatic heterocycles. The van der Waals surface area contributed by atoms with E-state index in [1.54, 1.807) is 4.90 Å². The van der Waals surface area contributed by atoms with Gasteiger partial charge < -0.3 is 10.6 Å². The van der Waals surface area contributed by atoms with Gasteiger partial charge in [0.2, 0.25) is 5.91 Å². The maximum atomic E-state index is 12.8. The molecule has 0 aromatic heterocycles. The first-order chi connectivity index (χ1) is 6.56. The highest BCUT2D eigenvalue weighted by Gasteiger charge is 2.30. The summed E-state index contributed by atoms with van der Waals surface area (Å²) in [6, 6.07) is -0.467. The van der Waals surface area contributed by atoms with Crippen molar-refractivity contribution in [3.05, 3.63) is 0 Å². The summed E-state index contributed by atoms with van der Waals surface area (Å²) in [4.78, 5) is 13.3. The maximum Gasteiger partial charge on any atom is 0.239 e. The number of amides is 1. The topological polar surface area (TPSA) is 46.3 Å². The molecule has 3 nitrogen and oxygen atoms in total. The molecule has 1 unspecified atom stereocenters. The van der Waals surface area contributed by atoms with Crippen LogP contribution in [0.2, 0.25) is 0 Å². The Morgan fingerprint density at radius 1 is 1.71 bits per heavy atom. The first-order valence-corrected chi connectivity index (χ1v) is 5.24. The summed E-state index contributed by atoms with van der Waals surface area (Å²) in [5.41, 5.74) is 5.78. The van der Waals surface area contributed by atoms with Crippen molar-refractivity contribution in [2.75, 3.05) is 13.1 Å². The Morgan fingerprint density at radius 3 is 2.79 bits per heavy atom. The number of halogens is 1. The van der Waals surface area contributed by atoms with Crippen molar-refractivity contribution in [1.29, 1.82) is 0 Å². The van der Waals surface area contributed by atoms with Crippen molar-refractivity contribution in [3.63, 3.8) is 0 Å². The van der Waals surface area contributed by atoms with Gasteiger partial charge in [0.1, 0.15) is 6.17 Å². The van der Waals surface area contributed by atoms with Crippen LogP contribution < -0.4 is 5.73 Å². The first-order valence-electron chi connectivity index (χ1n) is 5.24. The van der Waals surface area contributed by atoms with Crippen molar-refractivity contribution in [2.24, 2.45) is 11.7 Å². The van der Waals surface area contributed by atoms with E-state index in [1.165, 1.54) is 0 Å². The van der Waals surface area contributed by atoms with Gasteiger partial charge in [-0.15, -0.1) is 0 Å². The Bertz CT molecular complexity index is 206. The normalized spacial score (nSPS) is 26.3. The summed E-state index contributed by atoms with van der Waals surface area (Å²) >= 11 is 0. The highest BCUT2D eigenvalue weighted by molar-refractivity contribution is 5.82. The highest BCUT2D eigenvalue weighted by Crippen LogP contribution is 2.15. The fourth-order valence-electron chi connectivity index (χ4n) is 1.63. The molecular weight excluding hydrogens is 183 g/mol. The summed E-state index contributed by atoms with van der Waals surface area (Å²) in [6.45, 7) is 4.69. The van der Waals surface area contributed by atoms with Crippen LogP contribution in [0.4, 0.5) is 4.39 Å². The first kappa shape index (κ1) is 11.4. The summed E-state index contributed by atoms with van der Waals surface area (Å²) in [6.07, 6.45) is 0.474. The highest BCUT2D eigenvalue weighted by atomic mass is 19.1. The number of carbonyl (C=O) groups is 1. The van der Waals surface area contributed by atoms with Crippen LogP contribution in [0.5, 0.6) is 0 Å². The lowest BCUT2D eigenvalue weighted by molar-refractivity contribution is -0.132. The van der Waals surface area contributed by atoms with Gasteiger partial charge in [-0.05, 0) is 12.3 Å². The van der Waals surface area contributed by atoms with Crippen LogP contribution in [0.3, 0.4) is 0 Å². The Kier molecular flexibility index (Phi) is 3.86. The third-order valence-electron chi connectivity index (χ3n) is 2.98. The fraction of sp³-hybridized carbons (Fsp3) is 0.900. The molecule has 2 N–H and O–H groups in total. The van der Waals surface area contributed by atoms with Crippen molar-refractivity contribution in [1.82, 2.24) is 4.90 Å². The van der Waals surface area contributed by atoms with Crippen molar-refractivity contribution in [2.45, 2.75) is 38.9 Å². The van der Waals surface area contributed by atoms with E-state index in [-0.39, 0.29) is 18.4 Å². The Labute approximate surface area is 84.4 Å². The SMILES string of the molecule is CC[C@H](C)[C@H](N)C(=O)N1CCC(F)C1. The average Bonchev–Trinajstić information content (AvgIpc) is 2.61. The number of nitrogens with two attached hydrogens (primary N) is 1. The third kappa shape index (κ3) is 2.44. The summed E-state index contributed by atoms with van der Waals surface area (Å²) in [7, 11) is 0. The average molecular weight is 202 g/mol. The lowest BCUT2D eigenvalue weighted by atomic mass is 9.99. The van der Waals surface area contributed by atoms with Gasteiger partial charge >= 0.3 is 0 Å². The molecule has 1 rings (SSSR count). The van der Waals surface area contributed by atoms with E-state index in [2.05, 4.69) is 0 Å². The number of carbonyl (C=O) groups excluding carboxylic acids is 1. The third-order valence-corrected chi connectivity index (χ3v) is 2.98. The minimum Gasteiger partial charge on any atom is -0.338 e. The minimum absolute atomic E-state index is 0.0977. The second kappa shape index (κ2) is 4.73. The molecule has 0 radical (unpaired) electrons. The largest absolute Gasteiger partial charge is 0.338 e. The van der Waals surface area contributed by atoms with Crippen molar-refractivity contribution >= 4 is 5.91 Å². The van der Waals surface area contributed by atoms with Gasteiger partial charge in [0, 0.05) is 6.54 Å². The molecule has 82 valence electrons. The molecule has 0 aromatic rings. The smallest absolute Gasteiger partial charge is 0.239 e. The molecule has 14 heavy (non-hydrogen) atoms. The Balaban J connectivity index is 2.48. The lowest BCUT2D eigenvalue weighted by Crippen LogP contribution is -2.46. The number of likely N-dealkylation sites (tertiary alicyclic amines) is 1. The van der Waals surface area contributed by atoms with E-state index in [1.807, 2.05) is 13.8 Å². The van der Waals surface area contributed by atoms with Crippen LogP contribution >= 0.6 is 0 Å². The molecular formula is C10H19FN2O. The zero-order valence-electron chi connectivity index (χ0n) is 8.87. The van der Waals surface area contributed by atoms with E-state index in [9.17, 15) is 9.18 Å². The molecule has 0 aliphatic carbocycles. The Morgan fingerprint density at radius 2 is 2.36 bits per heavy atom. The van der Waals surface area contributed by atoms with Gasteiger partial charge in [0.25, 0.3) is 0 Å². The van der Waals surface area contributed by atoms with Crippen LogP contribution in [-0.4, -0.2) is 36.1 Å². The molecule has 4 heteroatoms. The lowest BCUT2D eigenvalue weighted by Gasteiger charge is -2.23. The zero-order valence-corrected chi connectivity index (χ0v) is 8.87. The predicted octanol–water partition coefficient (Wildman–Crippen LogP) is 0.930. The van der Waals surface area contributed by atoms with Gasteiger partial charge in [-0.3, -0.25) is 4.79 Å². The van der Waals surface area contributed by atoms with E-state index >= 15 is 0 Å². The quantitative estimate of drug-likeness (QED) is 0.740. The monoisotopic (exact) mass is 202 g/mol. The van der Waals surface area contributed by atoms with E-state index < -0.39 is 12.2 Å². The standard InChI is InChI=1S/C10H19FN2O/c1-3-7(2)9(12)10(14)13-5-4-8(11)6-13/h7-9H,3-6,12H2,1-2H3/t7-,8?,9-/m0/s1. The van der Waals surface area contributed by atoms with Gasteiger partial charge in [0.05, 0.1) is 12.6 Å². The van der Waals surface area contributed by atoms with Crippen LogP contribution in [-0.2, 0) is 4.79 Å². The van der Waals surface area contributed by atoms with Gasteiger partial charge in [-0.25, -0.2) is 4.39 Å². The fourth-order valence-corrected chi connectivity index (χ4v) is 1.63. The van der Waals surface area contributed by atoms with Crippen molar-refractivity contribution in [3.8, 4) is 0 Å². The molecule has 1 saturated heterocycles. The number of rotatable bonds is 3. The van der Waals surface area contributed by atoms with Crippen LogP contribution in [0.15, 0.2) is 0 Å². The Hall–Kier alpha value is -0.640. The molecule has 3 atom stereocenters. The second-order valence-electron chi connectivity index (χ2n) is 4.08.